The summed E-state index contributed by atoms with van der Waals surface area (Å²) < 4.78 is 36.2. The van der Waals surface area contributed by atoms with Crippen LogP contribution in [0.5, 0.6) is 0 Å². The molecular formula is C7H16FNO2S. The van der Waals surface area contributed by atoms with Crippen molar-refractivity contribution >= 4 is 10.0 Å². The summed E-state index contributed by atoms with van der Waals surface area (Å²) in [6.07, 6.45) is -1.15. The summed E-state index contributed by atoms with van der Waals surface area (Å²) in [6.45, 7) is 5.86. The molecule has 3 nitrogen and oxygen atoms in total. The molecule has 5 heteroatoms. The average molecular weight is 197 g/mol. The van der Waals surface area contributed by atoms with E-state index in [-0.39, 0.29) is 6.54 Å². The Labute approximate surface area is 73.4 Å². The molecule has 0 fully saturated rings. The van der Waals surface area contributed by atoms with Gasteiger partial charge in [0.2, 0.25) is 10.0 Å². The highest BCUT2D eigenvalue weighted by atomic mass is 32.2. The zero-order valence-corrected chi connectivity index (χ0v) is 8.70. The van der Waals surface area contributed by atoms with E-state index >= 15 is 0 Å². The third kappa shape index (κ3) is 3.49. The first-order valence-corrected chi connectivity index (χ1v) is 5.28. The fourth-order valence-electron chi connectivity index (χ4n) is 0.441. The van der Waals surface area contributed by atoms with Crippen molar-refractivity contribution in [3.63, 3.8) is 0 Å². The molecule has 0 spiro atoms. The van der Waals surface area contributed by atoms with Crippen LogP contribution in [0.1, 0.15) is 27.7 Å². The van der Waals surface area contributed by atoms with Gasteiger partial charge in [-0.3, -0.25) is 0 Å². The molecule has 12 heavy (non-hydrogen) atoms. The molecule has 0 aliphatic carbocycles. The van der Waals surface area contributed by atoms with E-state index in [1.807, 2.05) is 0 Å². The fourth-order valence-corrected chi connectivity index (χ4v) is 1.32. The summed E-state index contributed by atoms with van der Waals surface area (Å²) in [5, 5.41) is 0. The lowest BCUT2D eigenvalue weighted by Crippen LogP contribution is -2.41. The van der Waals surface area contributed by atoms with Gasteiger partial charge < -0.3 is 0 Å². The summed E-state index contributed by atoms with van der Waals surface area (Å²) in [5.74, 6) is 0. The van der Waals surface area contributed by atoms with E-state index in [9.17, 15) is 12.8 Å². The summed E-state index contributed by atoms with van der Waals surface area (Å²) in [5.41, 5.74) is 0. The molecule has 0 rings (SSSR count). The van der Waals surface area contributed by atoms with E-state index in [2.05, 4.69) is 4.72 Å². The number of hydrogen-bond donors (Lipinski definition) is 1. The van der Waals surface area contributed by atoms with Gasteiger partial charge in [-0.25, -0.2) is 17.5 Å². The van der Waals surface area contributed by atoms with Crippen molar-refractivity contribution in [1.29, 1.82) is 0 Å². The molecule has 0 saturated heterocycles. The van der Waals surface area contributed by atoms with Gasteiger partial charge in [0.15, 0.2) is 0 Å². The Bertz CT molecular complexity index is 228. The summed E-state index contributed by atoms with van der Waals surface area (Å²) in [7, 11) is -3.38. The summed E-state index contributed by atoms with van der Waals surface area (Å²) >= 11 is 0. The molecule has 0 heterocycles. The molecule has 0 aromatic heterocycles. The molecule has 0 radical (unpaired) electrons. The first-order valence-electron chi connectivity index (χ1n) is 3.80. The Morgan fingerprint density at radius 2 is 1.83 bits per heavy atom. The van der Waals surface area contributed by atoms with E-state index in [0.29, 0.717) is 0 Å². The van der Waals surface area contributed by atoms with E-state index in [0.717, 1.165) is 0 Å². The van der Waals surface area contributed by atoms with Gasteiger partial charge in [0.05, 0.1) is 4.75 Å². The maximum absolute atomic E-state index is 12.3. The van der Waals surface area contributed by atoms with Gasteiger partial charge in [-0.1, -0.05) is 0 Å². The molecule has 0 aromatic carbocycles. The Morgan fingerprint density at radius 3 is 2.08 bits per heavy atom. The van der Waals surface area contributed by atoms with Crippen LogP contribution in [-0.2, 0) is 10.0 Å². The van der Waals surface area contributed by atoms with Gasteiger partial charge in [-0.2, -0.15) is 0 Å². The zero-order valence-electron chi connectivity index (χ0n) is 7.89. The van der Waals surface area contributed by atoms with Gasteiger partial charge >= 0.3 is 0 Å². The minimum absolute atomic E-state index is 0.153. The number of nitrogens with one attached hydrogen (secondary N) is 1. The maximum atomic E-state index is 12.3. The normalized spacial score (nSPS) is 16.1. The molecule has 0 aliphatic rings. The standard InChI is InChI=1S/C7H16FNO2S/c1-6(8)5-9-12(10,11)7(2,3)4/h6,9H,5H2,1-4H3. The molecule has 0 saturated carbocycles. The van der Waals surface area contributed by atoms with Crippen LogP contribution in [-0.4, -0.2) is 25.9 Å². The number of rotatable bonds is 3. The predicted octanol–water partition coefficient (Wildman–Crippen LogP) is 1.06. The number of alkyl halides is 1. The SMILES string of the molecule is CC(F)CNS(=O)(=O)C(C)(C)C. The second-order valence-electron chi connectivity index (χ2n) is 3.75. The zero-order chi connectivity index (χ0) is 9.99. The van der Waals surface area contributed by atoms with Crippen LogP contribution >= 0.6 is 0 Å². The van der Waals surface area contributed by atoms with E-state index in [1.54, 1.807) is 20.8 Å². The van der Waals surface area contributed by atoms with Gasteiger partial charge in [-0.05, 0) is 27.7 Å². The minimum Gasteiger partial charge on any atom is -0.246 e. The highest BCUT2D eigenvalue weighted by Crippen LogP contribution is 2.12. The summed E-state index contributed by atoms with van der Waals surface area (Å²) in [6, 6.07) is 0. The molecule has 1 N–H and O–H groups in total. The summed E-state index contributed by atoms with van der Waals surface area (Å²) in [4.78, 5) is 0. The Hall–Kier alpha value is -0.160. The van der Waals surface area contributed by atoms with E-state index < -0.39 is 20.9 Å². The fraction of sp³-hybridized carbons (Fsp3) is 1.00. The monoisotopic (exact) mass is 197 g/mol. The molecule has 1 unspecified atom stereocenters. The Balaban J connectivity index is 4.27. The molecule has 74 valence electrons. The van der Waals surface area contributed by atoms with Crippen LogP contribution in [0, 0.1) is 0 Å². The van der Waals surface area contributed by atoms with Crippen LogP contribution in [0.4, 0.5) is 4.39 Å². The van der Waals surface area contributed by atoms with Crippen LogP contribution in [0.2, 0.25) is 0 Å². The molecule has 0 bridgehead atoms. The van der Waals surface area contributed by atoms with Crippen molar-refractivity contribution in [1.82, 2.24) is 4.72 Å². The molecule has 1 atom stereocenters. The highest BCUT2D eigenvalue weighted by Gasteiger charge is 2.28. The third-order valence-corrected chi connectivity index (χ3v) is 3.52. The molecule has 0 aromatic rings. The van der Waals surface area contributed by atoms with E-state index in [1.165, 1.54) is 6.92 Å². The number of hydrogen-bond acceptors (Lipinski definition) is 2. The molecule has 0 amide bonds. The van der Waals surface area contributed by atoms with Gasteiger partial charge in [-0.15, -0.1) is 0 Å². The maximum Gasteiger partial charge on any atom is 0.216 e. The van der Waals surface area contributed by atoms with Crippen molar-refractivity contribution < 1.29 is 12.8 Å². The van der Waals surface area contributed by atoms with Crippen LogP contribution in [0.25, 0.3) is 0 Å². The highest BCUT2D eigenvalue weighted by molar-refractivity contribution is 7.90. The second kappa shape index (κ2) is 3.70. The lowest BCUT2D eigenvalue weighted by molar-refractivity contribution is 0.359. The first kappa shape index (κ1) is 11.8. The topological polar surface area (TPSA) is 46.2 Å². The predicted molar refractivity (Wildman–Crippen MR) is 47.2 cm³/mol. The number of sulfonamides is 1. The van der Waals surface area contributed by atoms with E-state index in [4.69, 9.17) is 0 Å². The van der Waals surface area contributed by atoms with Gasteiger partial charge in [0, 0.05) is 6.54 Å². The lowest BCUT2D eigenvalue weighted by atomic mass is 10.3. The van der Waals surface area contributed by atoms with Crippen LogP contribution in [0.15, 0.2) is 0 Å². The third-order valence-electron chi connectivity index (χ3n) is 1.36. The van der Waals surface area contributed by atoms with Crippen molar-refractivity contribution in [3.8, 4) is 0 Å². The Morgan fingerprint density at radius 1 is 1.42 bits per heavy atom. The second-order valence-corrected chi connectivity index (χ2v) is 6.27. The smallest absolute Gasteiger partial charge is 0.216 e. The van der Waals surface area contributed by atoms with Crippen LogP contribution < -0.4 is 4.72 Å². The quantitative estimate of drug-likeness (QED) is 0.735. The largest absolute Gasteiger partial charge is 0.246 e. The van der Waals surface area contributed by atoms with Crippen molar-refractivity contribution in [2.75, 3.05) is 6.54 Å². The van der Waals surface area contributed by atoms with Crippen molar-refractivity contribution in [2.24, 2.45) is 0 Å². The minimum atomic E-state index is -3.38. The molecule has 0 aliphatic heterocycles. The molecular weight excluding hydrogens is 181 g/mol. The average Bonchev–Trinajstić information content (AvgIpc) is 1.81. The van der Waals surface area contributed by atoms with Crippen molar-refractivity contribution in [2.45, 2.75) is 38.6 Å². The van der Waals surface area contributed by atoms with Crippen molar-refractivity contribution in [3.05, 3.63) is 0 Å². The van der Waals surface area contributed by atoms with Crippen LogP contribution in [0.3, 0.4) is 0 Å². The number of halogens is 1. The Kier molecular flexibility index (Phi) is 3.65. The lowest BCUT2D eigenvalue weighted by Gasteiger charge is -2.19. The first-order chi connectivity index (χ1) is 5.17. The van der Waals surface area contributed by atoms with Gasteiger partial charge in [0.25, 0.3) is 0 Å². The van der Waals surface area contributed by atoms with Gasteiger partial charge in [0.1, 0.15) is 6.17 Å².